The highest BCUT2D eigenvalue weighted by Gasteiger charge is 2.85. The summed E-state index contributed by atoms with van der Waals surface area (Å²) in [6.45, 7) is 16.3. The number of hydrogen-bond acceptors (Lipinski definition) is 21. The van der Waals surface area contributed by atoms with E-state index in [1.54, 1.807) is 20.8 Å². The van der Waals surface area contributed by atoms with Crippen molar-refractivity contribution in [1.29, 1.82) is 0 Å². The smallest absolute Gasteiger partial charge is 0.550 e. The second-order valence-electron chi connectivity index (χ2n) is 26.6. The van der Waals surface area contributed by atoms with Crippen LogP contribution in [0.1, 0.15) is 146 Å². The van der Waals surface area contributed by atoms with E-state index in [1.165, 1.54) is 23.3 Å². The molecule has 8 aromatic carbocycles. The molecule has 0 saturated carbocycles. The van der Waals surface area contributed by atoms with Gasteiger partial charge in [-0.15, -0.1) is 4.13 Å². The average molecular weight is 2020 g/mol. The van der Waals surface area contributed by atoms with E-state index in [4.69, 9.17) is 9.47 Å². The third-order valence-corrected chi connectivity index (χ3v) is 27.0. The summed E-state index contributed by atoms with van der Waals surface area (Å²) in [5, 5.41) is -28.1. The van der Waals surface area contributed by atoms with Gasteiger partial charge in [0.2, 0.25) is 0 Å². The van der Waals surface area contributed by atoms with Crippen molar-refractivity contribution in [2.45, 2.75) is 182 Å². The largest absolute Gasteiger partial charge is 0.748 e. The number of unbranched alkanes of at least 4 members (excludes halogenated alkanes) is 1. The Morgan fingerprint density at radius 3 is 0.754 bits per heavy atom. The molecular weight excluding hydrogens is 1920 g/mol. The van der Waals surface area contributed by atoms with Crippen LogP contribution >= 0.6 is 0 Å². The zero-order valence-corrected chi connectivity index (χ0v) is 77.8. The minimum Gasteiger partial charge on any atom is -0.748 e. The predicted molar refractivity (Wildman–Crippen MR) is 458 cm³/mol. The van der Waals surface area contributed by atoms with E-state index in [1.807, 2.05) is 177 Å². The number of quaternary nitrogens is 1. The SMILES string of the molecule is CCC(C)c1ccc(OCCCCS(=O)(=O)[O-])cc1.CCC(C)c1ccc(OCCCS(=O)(=O)[O-])cc1.CCC(C)c1ccc(OS(=O)(=O)C(F)(F)C(F)(F)C(F)(F)S(=O)(=O)[NH2+]S(=O)(=O)C(F)(F)F)cc1.CCC(C)c1ccc(OS(=O)(=O)C(F)(F)C(F)(F)C(F)(F)S(=O)(=O)[O-])cc1.[SH2+]c1ccccc1.[SH2+]c1ccccc1.[SH2+]c1ccccc1.[SH2+]c1ccccc1. The minimum atomic E-state index is -7.71. The zero-order valence-electron chi connectivity index (χ0n) is 68.0. The maximum Gasteiger partial charge on any atom is 0.550 e. The highest BCUT2D eigenvalue weighted by molar-refractivity contribution is 7.97. The van der Waals surface area contributed by atoms with Crippen molar-refractivity contribution in [2.75, 3.05) is 24.7 Å². The van der Waals surface area contributed by atoms with Crippen molar-refractivity contribution in [2.24, 2.45) is 0 Å². The Kier molecular flexibility index (Phi) is 47.7. The van der Waals surface area contributed by atoms with Crippen molar-refractivity contribution in [1.82, 2.24) is 0 Å². The molecule has 0 radical (unpaired) electrons. The van der Waals surface area contributed by atoms with E-state index >= 15 is 0 Å². The number of benzene rings is 8. The van der Waals surface area contributed by atoms with Gasteiger partial charge >= 0.3 is 78.7 Å². The molecule has 0 spiro atoms. The predicted octanol–water partition coefficient (Wildman–Crippen LogP) is 15.4. The number of nitrogens with two attached hydrogens (primary N) is 1. The summed E-state index contributed by atoms with van der Waals surface area (Å²) in [5.41, 5.74) is -2.93. The Morgan fingerprint density at radius 1 is 0.310 bits per heavy atom. The lowest BCUT2D eigenvalue weighted by molar-refractivity contribution is -0.351. The summed E-state index contributed by atoms with van der Waals surface area (Å²) in [5.74, 6) is -14.9. The number of alkyl halides is 15. The normalized spacial score (nSPS) is 13.4. The second-order valence-corrected chi connectivity index (χ2v) is 40.5. The Bertz CT molecular complexity index is 5250. The van der Waals surface area contributed by atoms with Crippen molar-refractivity contribution >= 4 is 121 Å². The topological polar surface area (TPSA) is 362 Å². The van der Waals surface area contributed by atoms with Gasteiger partial charge in [0.15, 0.2) is 10.1 Å². The highest BCUT2D eigenvalue weighted by atomic mass is 32.3. The summed E-state index contributed by atoms with van der Waals surface area (Å²) >= 11 is 13.4. The lowest BCUT2D eigenvalue weighted by Crippen LogP contribution is -2.96. The fourth-order valence-electron chi connectivity index (χ4n) is 8.81. The summed E-state index contributed by atoms with van der Waals surface area (Å²) in [7, 11) is -44.4. The standard InChI is InChI=1S/C14H14F9NO7S3.C14H22O4S.C13H14F6O6S2.C13H20O4S.4C6H6S/c1-3-8(2)9-4-6-10(7-5-9)31-34(29,30)13(19,20)11(15,16)12(17,18)32(25,26)24-33(27,28)14(21,22)23;1-3-12(2)13-6-8-14(9-7-13)18-10-4-5-11-19(15,16)17;1-3-8(2)9-4-6-10(7-5-9)25-27(23,24)13(18,19)11(14,15)12(16,17)26(20,21)22;1-3-11(2)12-5-7-13(8-6-12)17-9-4-10-18(14,15)16;4*7-6-4-2-1-3-5-6/h4-8,24H,3H2,1-2H3;6-9,12H,3-5,10-11H2,1-2H3,(H,15,16,17);4-8H,3H2,1-2H3,(H,20,21,22);5-8,11H,3-4,9-10H2,1-2H3,(H,14,15,16);4*1-5,7H/p+2. The van der Waals surface area contributed by atoms with Crippen LogP contribution in [0.3, 0.4) is 0 Å². The number of hydrogen-bond donors (Lipinski definition) is 1. The average Bonchev–Trinajstić information content (AvgIpc) is 0.713. The van der Waals surface area contributed by atoms with E-state index in [0.29, 0.717) is 73.1 Å². The fraction of sp³-hybridized carbons (Fsp3) is 0.385. The van der Waals surface area contributed by atoms with Gasteiger partial charge in [0.25, 0.3) is 0 Å². The van der Waals surface area contributed by atoms with Crippen molar-refractivity contribution in [3.8, 4) is 23.0 Å². The van der Waals surface area contributed by atoms with Crippen LogP contribution in [0, 0.1) is 0 Å². The van der Waals surface area contributed by atoms with E-state index in [0.717, 1.165) is 62.4 Å². The summed E-state index contributed by atoms with van der Waals surface area (Å²) in [6, 6.07) is 63.2. The van der Waals surface area contributed by atoms with E-state index in [-0.39, 0.29) is 36.4 Å². The van der Waals surface area contributed by atoms with E-state index in [9.17, 15) is 138 Å². The molecule has 8 rings (SSSR count). The molecule has 48 heteroatoms. The van der Waals surface area contributed by atoms with Gasteiger partial charge in [-0.25, -0.2) is 25.3 Å². The molecule has 0 amide bonds. The van der Waals surface area contributed by atoms with Crippen LogP contribution in [-0.2, 0) is 121 Å². The Labute approximate surface area is 746 Å². The van der Waals surface area contributed by atoms with Gasteiger partial charge in [-0.3, -0.25) is 0 Å². The molecule has 708 valence electrons. The Morgan fingerprint density at radius 2 is 0.540 bits per heavy atom. The molecule has 0 aliphatic heterocycles. The van der Waals surface area contributed by atoms with Gasteiger partial charge < -0.3 is 31.5 Å². The summed E-state index contributed by atoms with van der Waals surface area (Å²) in [6.07, 6.45) is 4.53. The molecule has 0 aliphatic carbocycles. The number of primary sulfonamides is 2. The first kappa shape index (κ1) is 117. The molecule has 8 aromatic rings. The Balaban J connectivity index is 0.000000770. The van der Waals surface area contributed by atoms with Gasteiger partial charge in [-0.05, 0) is 238 Å². The highest BCUT2D eigenvalue weighted by Crippen LogP contribution is 2.52. The molecule has 0 bridgehead atoms. The van der Waals surface area contributed by atoms with Gasteiger partial charge in [0.1, 0.15) is 42.6 Å². The lowest BCUT2D eigenvalue weighted by Gasteiger charge is -2.32. The number of halogens is 15. The van der Waals surface area contributed by atoms with Gasteiger partial charge in [0, 0.05) is 11.5 Å². The Hall–Kier alpha value is -7.20. The van der Waals surface area contributed by atoms with Crippen LogP contribution in [0.4, 0.5) is 65.9 Å². The first-order chi connectivity index (χ1) is 57.7. The maximum atomic E-state index is 14.0. The molecule has 0 fully saturated rings. The molecule has 0 heterocycles. The van der Waals surface area contributed by atoms with Crippen molar-refractivity contribution in [3.05, 3.63) is 241 Å². The lowest BCUT2D eigenvalue weighted by atomic mass is 9.99. The maximum absolute atomic E-state index is 14.0. The molecule has 0 aromatic heterocycles. The quantitative estimate of drug-likeness (QED) is 0.0131. The van der Waals surface area contributed by atoms with E-state index in [2.05, 4.69) is 86.6 Å². The van der Waals surface area contributed by atoms with Gasteiger partial charge in [-0.2, -0.15) is 99.5 Å². The van der Waals surface area contributed by atoms with Gasteiger partial charge in [-0.1, -0.05) is 177 Å². The summed E-state index contributed by atoms with van der Waals surface area (Å²) < 4.78 is 399. The van der Waals surface area contributed by atoms with Crippen molar-refractivity contribution in [3.63, 3.8) is 0 Å². The second kappa shape index (κ2) is 51.4. The molecule has 22 nitrogen and oxygen atoms in total. The minimum absolute atomic E-state index is 0.0256. The molecular formula is C78H96F15NO21S11+2. The summed E-state index contributed by atoms with van der Waals surface area (Å²) in [4.78, 5) is 4.51. The van der Waals surface area contributed by atoms with Crippen LogP contribution in [0.5, 0.6) is 23.0 Å². The number of rotatable bonds is 33. The zero-order chi connectivity index (χ0) is 97.0. The molecule has 0 aliphatic rings. The first-order valence-corrected chi connectivity index (χ1v) is 49.3. The third kappa shape index (κ3) is 38.1. The van der Waals surface area contributed by atoms with Crippen LogP contribution in [0.25, 0.3) is 0 Å². The third-order valence-electron chi connectivity index (χ3n) is 17.0. The van der Waals surface area contributed by atoms with Crippen LogP contribution in [0.2, 0.25) is 0 Å². The molecule has 0 saturated heterocycles. The fourth-order valence-corrected chi connectivity index (χ4v) is 15.7. The number of sulfonamides is 2. The monoisotopic (exact) mass is 2020 g/mol. The van der Waals surface area contributed by atoms with E-state index < -0.39 is 125 Å². The van der Waals surface area contributed by atoms with Crippen molar-refractivity contribution < 1.29 is 160 Å². The van der Waals surface area contributed by atoms with Crippen LogP contribution in [0.15, 0.2) is 238 Å². The molecule has 2 N–H and O–H groups in total. The van der Waals surface area contributed by atoms with Gasteiger partial charge in [0.05, 0.1) is 33.5 Å². The molecule has 4 unspecified atom stereocenters. The van der Waals surface area contributed by atoms with Crippen LogP contribution < -0.4 is 22.0 Å². The first-order valence-electron chi connectivity index (χ1n) is 36.8. The van der Waals surface area contributed by atoms with Crippen LogP contribution in [-0.4, -0.2) is 136 Å². The number of ether oxygens (including phenoxy) is 2. The molecule has 4 atom stereocenters. The molecule has 126 heavy (non-hydrogen) atoms.